The Morgan fingerprint density at radius 3 is 2.39 bits per heavy atom. The van der Waals surface area contributed by atoms with E-state index in [2.05, 4.69) is 24.1 Å². The maximum absolute atomic E-state index is 11.5. The van der Waals surface area contributed by atoms with Gasteiger partial charge >= 0.3 is 0 Å². The van der Waals surface area contributed by atoms with Crippen molar-refractivity contribution < 1.29 is 9.59 Å². The van der Waals surface area contributed by atoms with Crippen LogP contribution in [0.5, 0.6) is 0 Å². The Hall–Kier alpha value is -1.84. The molecule has 1 amide bonds. The number of hydrogen-bond donors (Lipinski definition) is 1. The summed E-state index contributed by atoms with van der Waals surface area (Å²) >= 11 is 0. The molecule has 0 unspecified atom stereocenters. The summed E-state index contributed by atoms with van der Waals surface area (Å²) in [6.07, 6.45) is 2.14. The van der Waals surface area contributed by atoms with Crippen LogP contribution >= 0.6 is 0 Å². The first-order valence-electron chi connectivity index (χ1n) is 6.42. The monoisotopic (exact) mass is 246 g/mol. The number of anilines is 2. The normalized spacial score (nSPS) is 13.4. The Bertz CT molecular complexity index is 477. The number of benzene rings is 1. The lowest BCUT2D eigenvalue weighted by molar-refractivity contribution is -0.112. The molecule has 1 aromatic carbocycles. The molecule has 0 atom stereocenters. The number of nitrogens with zero attached hydrogens (tertiary/aromatic N) is 1. The van der Waals surface area contributed by atoms with Gasteiger partial charge in [0, 0.05) is 18.8 Å². The first-order valence-corrected chi connectivity index (χ1v) is 6.42. The fourth-order valence-corrected chi connectivity index (χ4v) is 2.24. The summed E-state index contributed by atoms with van der Waals surface area (Å²) in [6, 6.07) is 5.55. The van der Waals surface area contributed by atoms with Gasteiger partial charge in [0.1, 0.15) is 0 Å². The van der Waals surface area contributed by atoms with E-state index in [1.165, 1.54) is 0 Å². The molecule has 4 nitrogen and oxygen atoms in total. The SMILES string of the molecule is CCCN(CCC)c1ccc2c(c1)NC(=O)C2=O. The van der Waals surface area contributed by atoms with Gasteiger partial charge in [-0.15, -0.1) is 0 Å². The summed E-state index contributed by atoms with van der Waals surface area (Å²) in [5.74, 6) is -0.964. The van der Waals surface area contributed by atoms with Gasteiger partial charge in [0.15, 0.2) is 0 Å². The Balaban J connectivity index is 2.28. The summed E-state index contributed by atoms with van der Waals surface area (Å²) in [6.45, 7) is 6.24. The summed E-state index contributed by atoms with van der Waals surface area (Å²) in [7, 11) is 0. The fraction of sp³-hybridized carbons (Fsp3) is 0.429. The number of rotatable bonds is 5. The van der Waals surface area contributed by atoms with Gasteiger partial charge in [-0.25, -0.2) is 0 Å². The highest BCUT2D eigenvalue weighted by Crippen LogP contribution is 2.28. The highest BCUT2D eigenvalue weighted by molar-refractivity contribution is 6.51. The van der Waals surface area contributed by atoms with Crippen molar-refractivity contribution >= 4 is 23.1 Å². The molecular weight excluding hydrogens is 228 g/mol. The lowest BCUT2D eigenvalue weighted by Crippen LogP contribution is -2.24. The third-order valence-electron chi connectivity index (χ3n) is 3.05. The first kappa shape index (κ1) is 12.6. The molecule has 0 bridgehead atoms. The van der Waals surface area contributed by atoms with Crippen molar-refractivity contribution in [2.75, 3.05) is 23.3 Å². The van der Waals surface area contributed by atoms with Crippen LogP contribution in [0.25, 0.3) is 0 Å². The maximum Gasteiger partial charge on any atom is 0.296 e. The Labute approximate surface area is 107 Å². The van der Waals surface area contributed by atoms with E-state index in [0.717, 1.165) is 31.6 Å². The Kier molecular flexibility index (Phi) is 3.65. The molecule has 1 N–H and O–H groups in total. The van der Waals surface area contributed by atoms with Crippen LogP contribution in [-0.2, 0) is 4.79 Å². The number of fused-ring (bicyclic) bond motifs is 1. The van der Waals surface area contributed by atoms with Crippen molar-refractivity contribution in [3.8, 4) is 0 Å². The fourth-order valence-electron chi connectivity index (χ4n) is 2.24. The predicted molar refractivity (Wildman–Crippen MR) is 72.2 cm³/mol. The van der Waals surface area contributed by atoms with Gasteiger partial charge in [0.05, 0.1) is 11.3 Å². The van der Waals surface area contributed by atoms with Crippen LogP contribution in [0, 0.1) is 0 Å². The summed E-state index contributed by atoms with van der Waals surface area (Å²) in [4.78, 5) is 25.1. The van der Waals surface area contributed by atoms with Crippen LogP contribution < -0.4 is 10.2 Å². The molecule has 0 fully saturated rings. The van der Waals surface area contributed by atoms with Crippen molar-refractivity contribution in [2.45, 2.75) is 26.7 Å². The molecule has 1 heterocycles. The minimum Gasteiger partial charge on any atom is -0.371 e. The summed E-state index contributed by atoms with van der Waals surface area (Å²) in [5, 5.41) is 2.61. The second-order valence-electron chi connectivity index (χ2n) is 4.50. The van der Waals surface area contributed by atoms with E-state index < -0.39 is 11.7 Å². The zero-order chi connectivity index (χ0) is 13.1. The van der Waals surface area contributed by atoms with Crippen molar-refractivity contribution in [1.29, 1.82) is 0 Å². The predicted octanol–water partition coefficient (Wildman–Crippen LogP) is 2.45. The largest absolute Gasteiger partial charge is 0.371 e. The Morgan fingerprint density at radius 2 is 1.78 bits per heavy atom. The van der Waals surface area contributed by atoms with Gasteiger partial charge in [-0.3, -0.25) is 9.59 Å². The van der Waals surface area contributed by atoms with Crippen molar-refractivity contribution in [3.05, 3.63) is 23.8 Å². The first-order chi connectivity index (χ1) is 8.67. The number of nitrogens with one attached hydrogen (secondary N) is 1. The molecule has 0 aromatic heterocycles. The summed E-state index contributed by atoms with van der Waals surface area (Å²) < 4.78 is 0. The molecule has 0 saturated carbocycles. The lowest BCUT2D eigenvalue weighted by Gasteiger charge is -2.24. The van der Waals surface area contributed by atoms with Gasteiger partial charge in [0.25, 0.3) is 11.7 Å². The minimum atomic E-state index is -0.528. The molecule has 1 aliphatic rings. The minimum absolute atomic E-state index is 0.436. The quantitative estimate of drug-likeness (QED) is 0.812. The van der Waals surface area contributed by atoms with E-state index in [0.29, 0.717) is 11.3 Å². The second kappa shape index (κ2) is 5.21. The number of carbonyl (C=O) groups excluding carboxylic acids is 2. The topological polar surface area (TPSA) is 49.4 Å². The molecule has 0 saturated heterocycles. The maximum atomic E-state index is 11.5. The average molecular weight is 246 g/mol. The van der Waals surface area contributed by atoms with Crippen LogP contribution in [0.4, 0.5) is 11.4 Å². The Morgan fingerprint density at radius 1 is 1.11 bits per heavy atom. The molecule has 0 radical (unpaired) electrons. The smallest absolute Gasteiger partial charge is 0.296 e. The van der Waals surface area contributed by atoms with E-state index in [1.807, 2.05) is 12.1 Å². The second-order valence-corrected chi connectivity index (χ2v) is 4.50. The zero-order valence-electron chi connectivity index (χ0n) is 10.8. The number of hydrogen-bond acceptors (Lipinski definition) is 3. The van der Waals surface area contributed by atoms with Crippen LogP contribution in [-0.4, -0.2) is 24.8 Å². The van der Waals surface area contributed by atoms with Crippen LogP contribution in [0.3, 0.4) is 0 Å². The number of carbonyl (C=O) groups is 2. The molecule has 2 rings (SSSR count). The number of ketones is 1. The van der Waals surface area contributed by atoms with Crippen LogP contribution in [0.2, 0.25) is 0 Å². The van der Waals surface area contributed by atoms with E-state index in [-0.39, 0.29) is 0 Å². The third kappa shape index (κ3) is 2.23. The molecule has 0 spiro atoms. The highest BCUT2D eigenvalue weighted by atomic mass is 16.2. The van der Waals surface area contributed by atoms with Crippen molar-refractivity contribution in [3.63, 3.8) is 0 Å². The van der Waals surface area contributed by atoms with Gasteiger partial charge in [-0.1, -0.05) is 13.8 Å². The van der Waals surface area contributed by atoms with E-state index in [4.69, 9.17) is 0 Å². The van der Waals surface area contributed by atoms with Crippen LogP contribution in [0.15, 0.2) is 18.2 Å². The molecule has 96 valence electrons. The molecule has 0 aliphatic carbocycles. The number of amides is 1. The zero-order valence-corrected chi connectivity index (χ0v) is 10.8. The van der Waals surface area contributed by atoms with Crippen molar-refractivity contribution in [1.82, 2.24) is 0 Å². The summed E-state index contributed by atoms with van der Waals surface area (Å²) in [5.41, 5.74) is 2.18. The van der Waals surface area contributed by atoms with Gasteiger partial charge < -0.3 is 10.2 Å². The molecule has 1 aromatic rings. The standard InChI is InChI=1S/C14H18N2O2/c1-3-7-16(8-4-2)10-5-6-11-12(9-10)15-14(18)13(11)17/h5-6,9H,3-4,7-8H2,1-2H3,(H,15,17,18). The molecule has 4 heteroatoms. The van der Waals surface area contributed by atoms with E-state index >= 15 is 0 Å². The highest BCUT2D eigenvalue weighted by Gasteiger charge is 2.28. The van der Waals surface area contributed by atoms with E-state index in [1.54, 1.807) is 6.07 Å². The lowest BCUT2D eigenvalue weighted by atomic mass is 10.1. The van der Waals surface area contributed by atoms with E-state index in [9.17, 15) is 9.59 Å². The van der Waals surface area contributed by atoms with Gasteiger partial charge in [0.2, 0.25) is 0 Å². The third-order valence-corrected chi connectivity index (χ3v) is 3.05. The van der Waals surface area contributed by atoms with Gasteiger partial charge in [-0.2, -0.15) is 0 Å². The van der Waals surface area contributed by atoms with Gasteiger partial charge in [-0.05, 0) is 31.0 Å². The number of Topliss-reactive ketones (excluding diaryl/α,β-unsaturated/α-hetero) is 1. The molecule has 18 heavy (non-hydrogen) atoms. The van der Waals surface area contributed by atoms with Crippen molar-refractivity contribution in [2.24, 2.45) is 0 Å². The van der Waals surface area contributed by atoms with Crippen LogP contribution in [0.1, 0.15) is 37.0 Å². The molecule has 1 aliphatic heterocycles. The molecular formula is C14H18N2O2. The average Bonchev–Trinajstić information content (AvgIpc) is 2.64.